The molecule has 0 aliphatic rings. The van der Waals surface area contributed by atoms with Crippen molar-refractivity contribution in [2.45, 2.75) is 13.0 Å². The predicted octanol–water partition coefficient (Wildman–Crippen LogP) is 2.30. The van der Waals surface area contributed by atoms with Gasteiger partial charge in [0.15, 0.2) is 0 Å². The van der Waals surface area contributed by atoms with Crippen LogP contribution in [0.25, 0.3) is 0 Å². The van der Waals surface area contributed by atoms with Crippen LogP contribution in [-0.4, -0.2) is 11.6 Å². The summed E-state index contributed by atoms with van der Waals surface area (Å²) in [5, 5.41) is 0. The molecule has 0 aliphatic carbocycles. The molecule has 0 atom stereocenters. The zero-order chi connectivity index (χ0) is 12.8. The molecule has 0 radical (unpaired) electrons. The van der Waals surface area contributed by atoms with Gasteiger partial charge in [0.25, 0.3) is 0 Å². The summed E-state index contributed by atoms with van der Waals surface area (Å²) >= 11 is 0. The van der Waals surface area contributed by atoms with Crippen LogP contribution in [-0.2, 0) is 13.0 Å². The Bertz CT molecular complexity index is 502. The van der Waals surface area contributed by atoms with Gasteiger partial charge >= 0.3 is 0 Å². The normalized spacial score (nSPS) is 10.3. The summed E-state index contributed by atoms with van der Waals surface area (Å²) in [4.78, 5) is 4.03. The van der Waals surface area contributed by atoms with E-state index in [-0.39, 0.29) is 12.4 Å². The maximum atomic E-state index is 13.0. The molecule has 18 heavy (non-hydrogen) atoms. The highest BCUT2D eigenvalue weighted by Gasteiger charge is 2.04. The largest absolute Gasteiger partial charge is 0.493 e. The van der Waals surface area contributed by atoms with Crippen LogP contribution in [0.3, 0.4) is 0 Å². The highest BCUT2D eigenvalue weighted by Crippen LogP contribution is 2.19. The predicted molar refractivity (Wildman–Crippen MR) is 67.7 cm³/mol. The standard InChI is InChI=1S/C14H15FN2O/c15-13-3-4-14(12(8-13)9-16)18-7-5-11-2-1-6-17-10-11/h1-4,6,8,10H,5,7,9,16H2. The molecule has 3 nitrogen and oxygen atoms in total. The first-order valence-electron chi connectivity index (χ1n) is 5.80. The minimum Gasteiger partial charge on any atom is -0.493 e. The van der Waals surface area contributed by atoms with E-state index in [1.165, 1.54) is 12.1 Å². The van der Waals surface area contributed by atoms with Crippen LogP contribution in [0.2, 0.25) is 0 Å². The van der Waals surface area contributed by atoms with E-state index >= 15 is 0 Å². The molecule has 0 amide bonds. The number of hydrogen-bond donors (Lipinski definition) is 1. The highest BCUT2D eigenvalue weighted by molar-refractivity contribution is 5.33. The van der Waals surface area contributed by atoms with Gasteiger partial charge in [-0.3, -0.25) is 4.98 Å². The van der Waals surface area contributed by atoms with E-state index in [9.17, 15) is 4.39 Å². The fraction of sp³-hybridized carbons (Fsp3) is 0.214. The summed E-state index contributed by atoms with van der Waals surface area (Å²) in [7, 11) is 0. The summed E-state index contributed by atoms with van der Waals surface area (Å²) < 4.78 is 18.6. The van der Waals surface area contributed by atoms with Gasteiger partial charge in [-0.2, -0.15) is 0 Å². The average molecular weight is 246 g/mol. The number of rotatable bonds is 5. The lowest BCUT2D eigenvalue weighted by molar-refractivity contribution is 0.318. The third-order valence-corrected chi connectivity index (χ3v) is 2.61. The van der Waals surface area contributed by atoms with Gasteiger partial charge < -0.3 is 10.5 Å². The molecule has 2 rings (SSSR count). The minimum atomic E-state index is -0.296. The van der Waals surface area contributed by atoms with Crippen molar-refractivity contribution in [1.29, 1.82) is 0 Å². The number of nitrogens with zero attached hydrogens (tertiary/aromatic N) is 1. The first-order chi connectivity index (χ1) is 8.79. The molecule has 0 saturated carbocycles. The van der Waals surface area contributed by atoms with Crippen LogP contribution in [0.5, 0.6) is 5.75 Å². The molecule has 0 bridgehead atoms. The molecular weight excluding hydrogens is 231 g/mol. The van der Waals surface area contributed by atoms with Crippen LogP contribution < -0.4 is 10.5 Å². The van der Waals surface area contributed by atoms with Gasteiger partial charge in [-0.25, -0.2) is 4.39 Å². The molecule has 1 heterocycles. The van der Waals surface area contributed by atoms with Gasteiger partial charge in [0.2, 0.25) is 0 Å². The zero-order valence-electron chi connectivity index (χ0n) is 9.97. The van der Waals surface area contributed by atoms with Gasteiger partial charge in [0.1, 0.15) is 11.6 Å². The fourth-order valence-corrected chi connectivity index (χ4v) is 1.67. The van der Waals surface area contributed by atoms with Crippen molar-refractivity contribution in [3.63, 3.8) is 0 Å². The van der Waals surface area contributed by atoms with Crippen molar-refractivity contribution in [2.75, 3.05) is 6.61 Å². The van der Waals surface area contributed by atoms with Crippen molar-refractivity contribution >= 4 is 0 Å². The van der Waals surface area contributed by atoms with E-state index in [0.29, 0.717) is 17.9 Å². The van der Waals surface area contributed by atoms with Crippen molar-refractivity contribution in [3.05, 3.63) is 59.7 Å². The molecule has 0 unspecified atom stereocenters. The van der Waals surface area contributed by atoms with Crippen LogP contribution in [0.1, 0.15) is 11.1 Å². The summed E-state index contributed by atoms with van der Waals surface area (Å²) in [6, 6.07) is 8.27. The number of aromatic nitrogens is 1. The van der Waals surface area contributed by atoms with Gasteiger partial charge in [0, 0.05) is 30.9 Å². The van der Waals surface area contributed by atoms with Crippen molar-refractivity contribution in [2.24, 2.45) is 5.73 Å². The average Bonchev–Trinajstić information content (AvgIpc) is 2.41. The van der Waals surface area contributed by atoms with Crippen LogP contribution in [0.4, 0.5) is 4.39 Å². The van der Waals surface area contributed by atoms with Crippen LogP contribution in [0.15, 0.2) is 42.7 Å². The van der Waals surface area contributed by atoms with Gasteiger partial charge in [-0.1, -0.05) is 6.07 Å². The Morgan fingerprint density at radius 1 is 1.28 bits per heavy atom. The number of pyridine rings is 1. The first-order valence-corrected chi connectivity index (χ1v) is 5.80. The monoisotopic (exact) mass is 246 g/mol. The number of benzene rings is 1. The molecule has 1 aromatic heterocycles. The van der Waals surface area contributed by atoms with E-state index in [0.717, 1.165) is 12.0 Å². The Kier molecular flexibility index (Phi) is 4.25. The topological polar surface area (TPSA) is 48.1 Å². The van der Waals surface area contributed by atoms with Crippen molar-refractivity contribution < 1.29 is 9.13 Å². The molecule has 0 spiro atoms. The third kappa shape index (κ3) is 3.28. The second kappa shape index (κ2) is 6.12. The molecule has 1 aromatic carbocycles. The van der Waals surface area contributed by atoms with E-state index in [4.69, 9.17) is 10.5 Å². The maximum absolute atomic E-state index is 13.0. The van der Waals surface area contributed by atoms with E-state index in [1.807, 2.05) is 12.1 Å². The second-order valence-corrected chi connectivity index (χ2v) is 3.92. The smallest absolute Gasteiger partial charge is 0.123 e. The number of nitrogens with two attached hydrogens (primary N) is 1. The van der Waals surface area contributed by atoms with E-state index < -0.39 is 0 Å². The molecule has 0 aliphatic heterocycles. The molecule has 2 aromatic rings. The van der Waals surface area contributed by atoms with Crippen molar-refractivity contribution in [1.82, 2.24) is 4.98 Å². The van der Waals surface area contributed by atoms with Crippen molar-refractivity contribution in [3.8, 4) is 5.75 Å². The summed E-state index contributed by atoms with van der Waals surface area (Å²) in [6.07, 6.45) is 4.30. The van der Waals surface area contributed by atoms with E-state index in [2.05, 4.69) is 4.98 Å². The Morgan fingerprint density at radius 3 is 2.89 bits per heavy atom. The summed E-state index contributed by atoms with van der Waals surface area (Å²) in [5.74, 6) is 0.345. The molecule has 4 heteroatoms. The Balaban J connectivity index is 1.94. The summed E-state index contributed by atoms with van der Waals surface area (Å²) in [5.41, 5.74) is 7.33. The van der Waals surface area contributed by atoms with Gasteiger partial charge in [-0.15, -0.1) is 0 Å². The van der Waals surface area contributed by atoms with E-state index in [1.54, 1.807) is 18.5 Å². The maximum Gasteiger partial charge on any atom is 0.123 e. The number of halogens is 1. The van der Waals surface area contributed by atoms with Crippen LogP contribution in [0, 0.1) is 5.82 Å². The fourth-order valence-electron chi connectivity index (χ4n) is 1.67. The lowest BCUT2D eigenvalue weighted by atomic mass is 10.2. The van der Waals surface area contributed by atoms with Crippen LogP contribution >= 0.6 is 0 Å². The lowest BCUT2D eigenvalue weighted by Gasteiger charge is -2.10. The molecule has 2 N–H and O–H groups in total. The number of ether oxygens (including phenoxy) is 1. The Labute approximate surface area is 105 Å². The minimum absolute atomic E-state index is 0.264. The molecular formula is C14H15FN2O. The molecule has 94 valence electrons. The second-order valence-electron chi connectivity index (χ2n) is 3.92. The van der Waals surface area contributed by atoms with Gasteiger partial charge in [-0.05, 0) is 29.8 Å². The molecule has 0 saturated heterocycles. The molecule has 0 fully saturated rings. The zero-order valence-corrected chi connectivity index (χ0v) is 9.97. The first kappa shape index (κ1) is 12.5. The Hall–Kier alpha value is -1.94. The highest BCUT2D eigenvalue weighted by atomic mass is 19.1. The quantitative estimate of drug-likeness (QED) is 0.880. The Morgan fingerprint density at radius 2 is 2.17 bits per heavy atom. The van der Waals surface area contributed by atoms with Gasteiger partial charge in [0.05, 0.1) is 6.61 Å². The lowest BCUT2D eigenvalue weighted by Crippen LogP contribution is -2.06. The third-order valence-electron chi connectivity index (χ3n) is 2.61. The number of hydrogen-bond acceptors (Lipinski definition) is 3. The SMILES string of the molecule is NCc1cc(F)ccc1OCCc1cccnc1. The summed E-state index contributed by atoms with van der Waals surface area (Å²) in [6.45, 7) is 0.782.